The molecule has 1 heterocycles. The highest BCUT2D eigenvalue weighted by Gasteiger charge is 2.12. The smallest absolute Gasteiger partial charge is 0.287 e. The number of aliphatic imine (C=N–C) groups is 1. The van der Waals surface area contributed by atoms with Crippen LogP contribution in [0.4, 0.5) is 0 Å². The topological polar surface area (TPSA) is 81.9 Å². The molecule has 1 aromatic heterocycles. The summed E-state index contributed by atoms with van der Waals surface area (Å²) in [6, 6.07) is 12.8. The predicted molar refractivity (Wildman–Crippen MR) is 142 cm³/mol. The maximum Gasteiger partial charge on any atom is 0.287 e. The van der Waals surface area contributed by atoms with E-state index >= 15 is 0 Å². The Bertz CT molecular complexity index is 810. The Morgan fingerprint density at radius 2 is 1.88 bits per heavy atom. The molecule has 178 valence electrons. The minimum atomic E-state index is -0.176. The number of amides is 1. The molecule has 0 spiro atoms. The van der Waals surface area contributed by atoms with Crippen molar-refractivity contribution in [2.24, 2.45) is 4.99 Å². The fourth-order valence-corrected chi connectivity index (χ4v) is 3.15. The molecule has 2 rings (SSSR count). The van der Waals surface area contributed by atoms with Crippen LogP contribution in [0.25, 0.3) is 0 Å². The zero-order valence-electron chi connectivity index (χ0n) is 19.7. The van der Waals surface area contributed by atoms with Gasteiger partial charge in [0, 0.05) is 44.3 Å². The van der Waals surface area contributed by atoms with Crippen molar-refractivity contribution in [1.29, 1.82) is 0 Å². The van der Waals surface area contributed by atoms with Crippen molar-refractivity contribution in [2.45, 2.75) is 46.2 Å². The summed E-state index contributed by atoms with van der Waals surface area (Å²) in [5, 5.41) is 9.56. The third kappa shape index (κ3) is 10.0. The molecule has 1 atom stereocenters. The van der Waals surface area contributed by atoms with Crippen molar-refractivity contribution >= 4 is 35.8 Å². The molecule has 1 amide bonds. The normalized spacial score (nSPS) is 12.2. The van der Waals surface area contributed by atoms with Gasteiger partial charge >= 0.3 is 0 Å². The van der Waals surface area contributed by atoms with Crippen molar-refractivity contribution in [3.63, 3.8) is 0 Å². The van der Waals surface area contributed by atoms with Gasteiger partial charge in [-0.05, 0) is 52.3 Å². The van der Waals surface area contributed by atoms with Crippen molar-refractivity contribution in [3.05, 3.63) is 59.5 Å². The molecule has 1 unspecified atom stereocenters. The number of hydrogen-bond acceptors (Lipinski definition) is 4. The minimum Gasteiger partial charge on any atom is -0.459 e. The van der Waals surface area contributed by atoms with E-state index in [0.717, 1.165) is 44.0 Å². The highest BCUT2D eigenvalue weighted by atomic mass is 127. The molecule has 1 aromatic carbocycles. The molecule has 0 aliphatic rings. The van der Waals surface area contributed by atoms with Gasteiger partial charge in [0.25, 0.3) is 5.91 Å². The first kappa shape index (κ1) is 28.0. The van der Waals surface area contributed by atoms with Gasteiger partial charge in [0.15, 0.2) is 11.7 Å². The van der Waals surface area contributed by atoms with Gasteiger partial charge in [0.1, 0.15) is 0 Å². The van der Waals surface area contributed by atoms with E-state index in [-0.39, 0.29) is 29.9 Å². The molecular formula is C24H38IN5O2. The van der Waals surface area contributed by atoms with Crippen LogP contribution in [0.3, 0.4) is 0 Å². The molecule has 0 aliphatic carbocycles. The Balaban J connectivity index is 0.00000512. The standard InChI is InChI=1S/C24H37N5O2.HI/c1-5-25-24(27-15-9-14-26-23(30)22-19(2)13-17-31-22)28-16-12-20(3)29(4)18-21-10-7-6-8-11-21;/h6-8,10-11,13,17,20H,5,9,12,14-16,18H2,1-4H3,(H,26,30)(H2,25,27,28);1H. The van der Waals surface area contributed by atoms with Crippen LogP contribution in [0.5, 0.6) is 0 Å². The van der Waals surface area contributed by atoms with Crippen LogP contribution in [0, 0.1) is 6.92 Å². The average Bonchev–Trinajstić information content (AvgIpc) is 3.19. The van der Waals surface area contributed by atoms with Crippen LogP contribution in [-0.2, 0) is 6.54 Å². The van der Waals surface area contributed by atoms with Crippen LogP contribution in [0.2, 0.25) is 0 Å². The SMILES string of the molecule is CCNC(=NCCCNC(=O)c1occc1C)NCCC(C)N(C)Cc1ccccc1.I. The first-order chi connectivity index (χ1) is 15.0. The van der Waals surface area contributed by atoms with E-state index in [1.165, 1.54) is 11.8 Å². The second-order valence-corrected chi connectivity index (χ2v) is 7.77. The summed E-state index contributed by atoms with van der Waals surface area (Å²) in [7, 11) is 2.16. The number of halogens is 1. The number of furan rings is 1. The van der Waals surface area contributed by atoms with E-state index in [9.17, 15) is 4.79 Å². The number of nitrogens with one attached hydrogen (secondary N) is 3. The van der Waals surface area contributed by atoms with Crippen molar-refractivity contribution < 1.29 is 9.21 Å². The van der Waals surface area contributed by atoms with Crippen LogP contribution in [0.1, 0.15) is 48.4 Å². The van der Waals surface area contributed by atoms with Crippen molar-refractivity contribution in [1.82, 2.24) is 20.9 Å². The van der Waals surface area contributed by atoms with Gasteiger partial charge in [-0.3, -0.25) is 14.7 Å². The molecule has 7 nitrogen and oxygen atoms in total. The maximum absolute atomic E-state index is 12.0. The number of nitrogens with zero attached hydrogens (tertiary/aromatic N) is 2. The summed E-state index contributed by atoms with van der Waals surface area (Å²) < 4.78 is 5.20. The summed E-state index contributed by atoms with van der Waals surface area (Å²) in [5.74, 6) is 1.02. The van der Waals surface area contributed by atoms with E-state index in [2.05, 4.69) is 71.0 Å². The lowest BCUT2D eigenvalue weighted by Crippen LogP contribution is -2.40. The Labute approximate surface area is 209 Å². The van der Waals surface area contributed by atoms with Gasteiger partial charge in [-0.25, -0.2) is 0 Å². The van der Waals surface area contributed by atoms with Crippen LogP contribution >= 0.6 is 24.0 Å². The number of hydrogen-bond donors (Lipinski definition) is 3. The van der Waals surface area contributed by atoms with E-state index < -0.39 is 0 Å². The third-order valence-electron chi connectivity index (χ3n) is 5.18. The number of guanidine groups is 1. The summed E-state index contributed by atoms with van der Waals surface area (Å²) in [5.41, 5.74) is 2.17. The molecule has 2 aromatic rings. The first-order valence-corrected chi connectivity index (χ1v) is 11.1. The van der Waals surface area contributed by atoms with Gasteiger partial charge in [0.2, 0.25) is 0 Å². The quantitative estimate of drug-likeness (QED) is 0.161. The number of aryl methyl sites for hydroxylation is 1. The molecule has 8 heteroatoms. The molecular weight excluding hydrogens is 517 g/mol. The second-order valence-electron chi connectivity index (χ2n) is 7.77. The van der Waals surface area contributed by atoms with E-state index in [4.69, 9.17) is 4.42 Å². The molecule has 0 aliphatic heterocycles. The lowest BCUT2D eigenvalue weighted by atomic mass is 10.1. The van der Waals surface area contributed by atoms with E-state index in [1.54, 1.807) is 6.07 Å². The largest absolute Gasteiger partial charge is 0.459 e. The van der Waals surface area contributed by atoms with Gasteiger partial charge in [-0.2, -0.15) is 0 Å². The van der Waals surface area contributed by atoms with Crippen LogP contribution in [-0.4, -0.2) is 56.0 Å². The number of carbonyl (C=O) groups excluding carboxylic acids is 1. The molecule has 0 bridgehead atoms. The van der Waals surface area contributed by atoms with Gasteiger partial charge < -0.3 is 20.4 Å². The van der Waals surface area contributed by atoms with Crippen LogP contribution < -0.4 is 16.0 Å². The Kier molecular flexibility index (Phi) is 13.7. The first-order valence-electron chi connectivity index (χ1n) is 11.1. The lowest BCUT2D eigenvalue weighted by molar-refractivity contribution is 0.0925. The zero-order chi connectivity index (χ0) is 22.5. The van der Waals surface area contributed by atoms with E-state index in [0.29, 0.717) is 24.9 Å². The predicted octanol–water partition coefficient (Wildman–Crippen LogP) is 3.79. The van der Waals surface area contributed by atoms with Gasteiger partial charge in [-0.1, -0.05) is 30.3 Å². The fourth-order valence-electron chi connectivity index (χ4n) is 3.15. The second kappa shape index (κ2) is 15.7. The molecule has 32 heavy (non-hydrogen) atoms. The summed E-state index contributed by atoms with van der Waals surface area (Å²) in [4.78, 5) is 19.0. The van der Waals surface area contributed by atoms with Crippen molar-refractivity contribution in [3.8, 4) is 0 Å². The lowest BCUT2D eigenvalue weighted by Gasteiger charge is -2.25. The summed E-state index contributed by atoms with van der Waals surface area (Å²) in [6.07, 6.45) is 3.31. The number of carbonyl (C=O) groups is 1. The molecule has 0 radical (unpaired) electrons. The van der Waals surface area contributed by atoms with Gasteiger partial charge in [0.05, 0.1) is 6.26 Å². The highest BCUT2D eigenvalue weighted by molar-refractivity contribution is 14.0. The Morgan fingerprint density at radius 3 is 2.53 bits per heavy atom. The minimum absolute atomic E-state index is 0. The van der Waals surface area contributed by atoms with Crippen molar-refractivity contribution in [2.75, 3.05) is 33.2 Å². The monoisotopic (exact) mass is 555 g/mol. The summed E-state index contributed by atoms with van der Waals surface area (Å²) >= 11 is 0. The van der Waals surface area contributed by atoms with E-state index in [1.807, 2.05) is 13.0 Å². The maximum atomic E-state index is 12.0. The molecule has 0 fully saturated rings. The van der Waals surface area contributed by atoms with Crippen LogP contribution in [0.15, 0.2) is 52.1 Å². The highest BCUT2D eigenvalue weighted by Crippen LogP contribution is 2.08. The van der Waals surface area contributed by atoms with Gasteiger partial charge in [-0.15, -0.1) is 24.0 Å². The fraction of sp³-hybridized carbons (Fsp3) is 0.500. The Morgan fingerprint density at radius 1 is 1.12 bits per heavy atom. The molecule has 0 saturated heterocycles. The third-order valence-corrected chi connectivity index (χ3v) is 5.18. The average molecular weight is 556 g/mol. The molecule has 0 saturated carbocycles. The zero-order valence-corrected chi connectivity index (χ0v) is 22.0. The number of benzene rings is 1. The molecule has 3 N–H and O–H groups in total. The summed E-state index contributed by atoms with van der Waals surface area (Å²) in [6.45, 7) is 9.96. The number of rotatable bonds is 12. The Hall–Kier alpha value is -2.07.